The number of hydrogen-bond acceptors (Lipinski definition) is 3. The Labute approximate surface area is 105 Å². The monoisotopic (exact) mass is 258 g/mol. The fourth-order valence-corrected chi connectivity index (χ4v) is 4.14. The van der Waals surface area contributed by atoms with E-state index in [4.69, 9.17) is 5.73 Å². The van der Waals surface area contributed by atoms with Crippen LogP contribution in [0, 0.1) is 5.92 Å². The van der Waals surface area contributed by atoms with E-state index in [0.29, 0.717) is 12.1 Å². The van der Waals surface area contributed by atoms with Gasteiger partial charge in [-0.05, 0) is 38.5 Å². The summed E-state index contributed by atoms with van der Waals surface area (Å²) in [6.45, 7) is 0. The zero-order valence-electron chi connectivity index (χ0n) is 10.2. The number of carbonyl (C=O) groups is 1. The summed E-state index contributed by atoms with van der Waals surface area (Å²) in [6.07, 6.45) is 6.00. The molecule has 0 bridgehead atoms. The molecule has 1 saturated heterocycles. The number of rotatable bonds is 3. The van der Waals surface area contributed by atoms with Gasteiger partial charge in [0.05, 0.1) is 0 Å². The Balaban J connectivity index is 1.71. The second-order valence-electron chi connectivity index (χ2n) is 5.24. The molecule has 0 aromatic carbocycles. The van der Waals surface area contributed by atoms with Crippen molar-refractivity contribution in [2.75, 3.05) is 11.5 Å². The van der Waals surface area contributed by atoms with Crippen LogP contribution in [0.25, 0.3) is 0 Å². The Kier molecular flexibility index (Phi) is 4.56. The second kappa shape index (κ2) is 5.96. The summed E-state index contributed by atoms with van der Waals surface area (Å²) >= 11 is 0. The molecule has 0 aromatic heterocycles. The maximum absolute atomic E-state index is 11.3. The van der Waals surface area contributed by atoms with Crippen molar-refractivity contribution in [2.45, 2.75) is 50.6 Å². The summed E-state index contributed by atoms with van der Waals surface area (Å²) in [5.41, 5.74) is 5.32. The summed E-state index contributed by atoms with van der Waals surface area (Å²) < 4.78 is 11.3. The zero-order chi connectivity index (χ0) is 12.3. The van der Waals surface area contributed by atoms with E-state index in [1.807, 2.05) is 0 Å². The number of carbonyl (C=O) groups excluding carboxylic acids is 1. The van der Waals surface area contributed by atoms with E-state index in [0.717, 1.165) is 50.0 Å². The Hall–Kier alpha value is -0.420. The molecule has 17 heavy (non-hydrogen) atoms. The number of hydrogen-bond donors (Lipinski definition) is 2. The molecular formula is C12H22N2O2S. The third kappa shape index (κ3) is 3.78. The highest BCUT2D eigenvalue weighted by molar-refractivity contribution is 7.85. The predicted octanol–water partition coefficient (Wildman–Crippen LogP) is 0.531. The van der Waals surface area contributed by atoms with E-state index in [-0.39, 0.29) is 11.8 Å². The Morgan fingerprint density at radius 2 is 1.53 bits per heavy atom. The molecule has 1 saturated carbocycles. The van der Waals surface area contributed by atoms with Crippen molar-refractivity contribution in [3.63, 3.8) is 0 Å². The molecule has 2 rings (SSSR count). The smallest absolute Gasteiger partial charge is 0.220 e. The summed E-state index contributed by atoms with van der Waals surface area (Å²) in [7, 11) is -0.581. The molecule has 4 nitrogen and oxygen atoms in total. The molecule has 2 aliphatic rings. The lowest BCUT2D eigenvalue weighted by atomic mass is 9.85. The van der Waals surface area contributed by atoms with Crippen molar-refractivity contribution in [3.8, 4) is 0 Å². The molecule has 0 aromatic rings. The number of primary amides is 1. The van der Waals surface area contributed by atoms with E-state index in [1.54, 1.807) is 0 Å². The van der Waals surface area contributed by atoms with Crippen LogP contribution in [0.15, 0.2) is 0 Å². The molecule has 0 atom stereocenters. The molecule has 1 aliphatic carbocycles. The molecule has 1 amide bonds. The van der Waals surface area contributed by atoms with Crippen LogP contribution in [0.1, 0.15) is 38.5 Å². The van der Waals surface area contributed by atoms with Crippen molar-refractivity contribution in [1.29, 1.82) is 0 Å². The first-order valence-corrected chi connectivity index (χ1v) is 8.04. The molecule has 1 heterocycles. The molecule has 1 aliphatic heterocycles. The number of amides is 1. The van der Waals surface area contributed by atoms with Crippen LogP contribution >= 0.6 is 0 Å². The van der Waals surface area contributed by atoms with Crippen LogP contribution < -0.4 is 11.1 Å². The molecule has 3 N–H and O–H groups in total. The highest BCUT2D eigenvalue weighted by Crippen LogP contribution is 2.25. The lowest BCUT2D eigenvalue weighted by Gasteiger charge is -2.32. The van der Waals surface area contributed by atoms with Crippen molar-refractivity contribution in [2.24, 2.45) is 11.7 Å². The van der Waals surface area contributed by atoms with Crippen LogP contribution in [-0.2, 0) is 15.6 Å². The minimum absolute atomic E-state index is 0.0897. The topological polar surface area (TPSA) is 72.2 Å². The van der Waals surface area contributed by atoms with Crippen LogP contribution in [0.3, 0.4) is 0 Å². The Bertz CT molecular complexity index is 291. The summed E-state index contributed by atoms with van der Waals surface area (Å²) in [4.78, 5) is 11.1. The lowest BCUT2D eigenvalue weighted by Crippen LogP contribution is -2.44. The average Bonchev–Trinajstić information content (AvgIpc) is 2.33. The number of nitrogens with two attached hydrogens (primary N) is 1. The van der Waals surface area contributed by atoms with Gasteiger partial charge in [0.1, 0.15) is 0 Å². The maximum Gasteiger partial charge on any atom is 0.220 e. The largest absolute Gasteiger partial charge is 0.369 e. The fraction of sp³-hybridized carbons (Fsp3) is 0.917. The average molecular weight is 258 g/mol. The summed E-state index contributed by atoms with van der Waals surface area (Å²) in [6, 6.07) is 1.06. The summed E-state index contributed by atoms with van der Waals surface area (Å²) in [5.74, 6) is 1.63. The van der Waals surface area contributed by atoms with Crippen molar-refractivity contribution < 1.29 is 9.00 Å². The molecule has 98 valence electrons. The van der Waals surface area contributed by atoms with Crippen LogP contribution in [0.5, 0.6) is 0 Å². The third-order valence-corrected chi connectivity index (χ3v) is 5.37. The molecule has 2 fully saturated rings. The van der Waals surface area contributed by atoms with Gasteiger partial charge in [0.2, 0.25) is 5.91 Å². The van der Waals surface area contributed by atoms with Gasteiger partial charge >= 0.3 is 0 Å². The van der Waals surface area contributed by atoms with Crippen molar-refractivity contribution >= 4 is 16.7 Å². The predicted molar refractivity (Wildman–Crippen MR) is 69.0 cm³/mol. The van der Waals surface area contributed by atoms with Crippen molar-refractivity contribution in [1.82, 2.24) is 5.32 Å². The zero-order valence-corrected chi connectivity index (χ0v) is 11.0. The first kappa shape index (κ1) is 13.0. The Morgan fingerprint density at radius 1 is 1.00 bits per heavy atom. The van der Waals surface area contributed by atoms with Crippen LogP contribution in [0.2, 0.25) is 0 Å². The van der Waals surface area contributed by atoms with Gasteiger partial charge in [-0.2, -0.15) is 0 Å². The minimum atomic E-state index is -0.581. The van der Waals surface area contributed by atoms with E-state index in [9.17, 15) is 9.00 Å². The molecule has 0 radical (unpaired) electrons. The molecular weight excluding hydrogens is 236 g/mol. The SMILES string of the molecule is NC(=O)C1CCC(NC2CCS(=O)CC2)CC1. The number of nitrogens with one attached hydrogen (secondary N) is 1. The highest BCUT2D eigenvalue weighted by Gasteiger charge is 2.27. The van der Waals surface area contributed by atoms with E-state index < -0.39 is 10.8 Å². The third-order valence-electron chi connectivity index (χ3n) is 3.99. The van der Waals surface area contributed by atoms with Gasteiger partial charge in [-0.15, -0.1) is 0 Å². The fourth-order valence-electron chi connectivity index (χ4n) is 2.84. The molecule has 0 unspecified atom stereocenters. The minimum Gasteiger partial charge on any atom is -0.369 e. The van der Waals surface area contributed by atoms with Gasteiger partial charge < -0.3 is 11.1 Å². The first-order chi connectivity index (χ1) is 8.15. The molecule has 0 spiro atoms. The van der Waals surface area contributed by atoms with Gasteiger partial charge in [-0.1, -0.05) is 0 Å². The van der Waals surface area contributed by atoms with Gasteiger partial charge in [-0.3, -0.25) is 9.00 Å². The normalized spacial score (nSPS) is 38.8. The van der Waals surface area contributed by atoms with Gasteiger partial charge in [0.15, 0.2) is 0 Å². The summed E-state index contributed by atoms with van der Waals surface area (Å²) in [5, 5.41) is 3.65. The van der Waals surface area contributed by atoms with Crippen LogP contribution in [0.4, 0.5) is 0 Å². The second-order valence-corrected chi connectivity index (χ2v) is 6.94. The van der Waals surface area contributed by atoms with E-state index in [2.05, 4.69) is 5.32 Å². The van der Waals surface area contributed by atoms with Crippen LogP contribution in [-0.4, -0.2) is 33.7 Å². The maximum atomic E-state index is 11.3. The standard InChI is InChI=1S/C12H22N2O2S/c13-12(15)9-1-3-10(4-2-9)14-11-5-7-17(16)8-6-11/h9-11,14H,1-8H2,(H2,13,15). The van der Waals surface area contributed by atoms with Gasteiger partial charge in [-0.25, -0.2) is 0 Å². The Morgan fingerprint density at radius 3 is 2.06 bits per heavy atom. The van der Waals surface area contributed by atoms with Gasteiger partial charge in [0, 0.05) is 40.3 Å². The van der Waals surface area contributed by atoms with E-state index in [1.165, 1.54) is 0 Å². The quantitative estimate of drug-likeness (QED) is 0.775. The van der Waals surface area contributed by atoms with E-state index >= 15 is 0 Å². The van der Waals surface area contributed by atoms with Crippen molar-refractivity contribution in [3.05, 3.63) is 0 Å². The van der Waals surface area contributed by atoms with Gasteiger partial charge in [0.25, 0.3) is 0 Å². The highest BCUT2D eigenvalue weighted by atomic mass is 32.2. The molecule has 5 heteroatoms. The first-order valence-electron chi connectivity index (χ1n) is 6.55. The lowest BCUT2D eigenvalue weighted by molar-refractivity contribution is -0.122.